The van der Waals surface area contributed by atoms with E-state index in [9.17, 15) is 4.79 Å². The van der Waals surface area contributed by atoms with Crippen LogP contribution in [0.2, 0.25) is 0 Å². The van der Waals surface area contributed by atoms with Gasteiger partial charge < -0.3 is 11.1 Å². The summed E-state index contributed by atoms with van der Waals surface area (Å²) in [5, 5.41) is 2.86. The van der Waals surface area contributed by atoms with Crippen molar-refractivity contribution in [1.82, 2.24) is 0 Å². The first-order chi connectivity index (χ1) is 9.66. The minimum absolute atomic E-state index is 0.0439. The van der Waals surface area contributed by atoms with Crippen molar-refractivity contribution < 1.29 is 4.79 Å². The largest absolute Gasteiger partial charge is 0.389 e. The number of para-hydroxylation sites is 1. The third kappa shape index (κ3) is 3.90. The Kier molecular flexibility index (Phi) is 4.85. The topological polar surface area (TPSA) is 55.1 Å². The molecule has 0 aromatic heterocycles. The van der Waals surface area contributed by atoms with Crippen LogP contribution in [0.15, 0.2) is 54.6 Å². The first-order valence-electron chi connectivity index (χ1n) is 6.39. The van der Waals surface area contributed by atoms with Crippen LogP contribution >= 0.6 is 12.2 Å². The number of nitrogens with two attached hydrogens (primary N) is 1. The zero-order chi connectivity index (χ0) is 14.4. The Morgan fingerprint density at radius 2 is 1.70 bits per heavy atom. The molecule has 0 aliphatic rings. The van der Waals surface area contributed by atoms with Gasteiger partial charge in [0.1, 0.15) is 4.99 Å². The Balaban J connectivity index is 1.97. The number of hydrogen-bond acceptors (Lipinski definition) is 2. The number of rotatable bonds is 5. The van der Waals surface area contributed by atoms with E-state index in [0.29, 0.717) is 24.1 Å². The fourth-order valence-corrected chi connectivity index (χ4v) is 2.10. The summed E-state index contributed by atoms with van der Waals surface area (Å²) in [7, 11) is 0. The molecule has 0 bridgehead atoms. The number of nitrogens with one attached hydrogen (secondary N) is 1. The molecule has 2 aromatic carbocycles. The van der Waals surface area contributed by atoms with E-state index < -0.39 is 0 Å². The molecule has 0 radical (unpaired) electrons. The normalized spacial score (nSPS) is 10.0. The zero-order valence-corrected chi connectivity index (χ0v) is 11.8. The van der Waals surface area contributed by atoms with Crippen molar-refractivity contribution in [2.24, 2.45) is 5.73 Å². The predicted molar refractivity (Wildman–Crippen MR) is 85.7 cm³/mol. The average Bonchev–Trinajstić information content (AvgIpc) is 2.46. The molecule has 3 nitrogen and oxygen atoms in total. The van der Waals surface area contributed by atoms with E-state index in [1.54, 1.807) is 12.1 Å². The molecule has 0 atom stereocenters. The van der Waals surface area contributed by atoms with Crippen LogP contribution in [0.3, 0.4) is 0 Å². The molecule has 3 N–H and O–H groups in total. The summed E-state index contributed by atoms with van der Waals surface area (Å²) in [6.45, 7) is 0. The second kappa shape index (κ2) is 6.82. The highest BCUT2D eigenvalue weighted by molar-refractivity contribution is 7.80. The van der Waals surface area contributed by atoms with E-state index in [4.69, 9.17) is 18.0 Å². The van der Waals surface area contributed by atoms with Crippen LogP contribution in [-0.2, 0) is 11.2 Å². The number of carbonyl (C=O) groups excluding carboxylic acids is 1. The van der Waals surface area contributed by atoms with Gasteiger partial charge in [0.2, 0.25) is 5.91 Å². The third-order valence-electron chi connectivity index (χ3n) is 2.95. The van der Waals surface area contributed by atoms with Crippen LogP contribution in [0, 0.1) is 0 Å². The first-order valence-corrected chi connectivity index (χ1v) is 6.80. The molecule has 0 aliphatic carbocycles. The lowest BCUT2D eigenvalue weighted by Gasteiger charge is -2.09. The summed E-state index contributed by atoms with van der Waals surface area (Å²) in [6, 6.07) is 17.2. The molecule has 0 heterocycles. The second-order valence-corrected chi connectivity index (χ2v) is 4.88. The van der Waals surface area contributed by atoms with Gasteiger partial charge in [0.05, 0.1) is 5.69 Å². The van der Waals surface area contributed by atoms with Gasteiger partial charge in [0, 0.05) is 12.0 Å². The fraction of sp³-hybridized carbons (Fsp3) is 0.125. The van der Waals surface area contributed by atoms with Gasteiger partial charge >= 0.3 is 0 Å². The van der Waals surface area contributed by atoms with E-state index in [2.05, 4.69) is 5.32 Å². The second-order valence-electron chi connectivity index (χ2n) is 4.44. The third-order valence-corrected chi connectivity index (χ3v) is 3.17. The molecule has 0 unspecified atom stereocenters. The molecule has 2 rings (SSSR count). The molecule has 0 spiro atoms. The first kappa shape index (κ1) is 14.2. The average molecular weight is 284 g/mol. The van der Waals surface area contributed by atoms with E-state index in [-0.39, 0.29) is 10.9 Å². The van der Waals surface area contributed by atoms with Crippen LogP contribution < -0.4 is 11.1 Å². The Hall–Kier alpha value is -2.20. The van der Waals surface area contributed by atoms with Crippen LogP contribution in [0.5, 0.6) is 0 Å². The minimum atomic E-state index is -0.0439. The van der Waals surface area contributed by atoms with E-state index in [0.717, 1.165) is 5.56 Å². The fourth-order valence-electron chi connectivity index (χ4n) is 1.92. The van der Waals surface area contributed by atoms with Crippen molar-refractivity contribution in [1.29, 1.82) is 0 Å². The van der Waals surface area contributed by atoms with Crippen molar-refractivity contribution in [3.63, 3.8) is 0 Å². The summed E-state index contributed by atoms with van der Waals surface area (Å²) >= 11 is 4.97. The number of carbonyl (C=O) groups is 1. The Bertz CT molecular complexity index is 611. The predicted octanol–water partition coefficient (Wildman–Crippen LogP) is 2.89. The monoisotopic (exact) mass is 284 g/mol. The van der Waals surface area contributed by atoms with Crippen LogP contribution in [-0.4, -0.2) is 10.9 Å². The van der Waals surface area contributed by atoms with Gasteiger partial charge in [-0.05, 0) is 24.1 Å². The molecule has 102 valence electrons. The summed E-state index contributed by atoms with van der Waals surface area (Å²) in [6.07, 6.45) is 1.14. The smallest absolute Gasteiger partial charge is 0.224 e. The summed E-state index contributed by atoms with van der Waals surface area (Å²) in [4.78, 5) is 12.2. The molecule has 1 amide bonds. The minimum Gasteiger partial charge on any atom is -0.389 e. The molecule has 0 saturated carbocycles. The van der Waals surface area contributed by atoms with Crippen molar-refractivity contribution in [3.8, 4) is 0 Å². The molecule has 0 aliphatic heterocycles. The Labute approximate surface area is 123 Å². The molecule has 20 heavy (non-hydrogen) atoms. The number of thiocarbonyl (C=S) groups is 1. The lowest BCUT2D eigenvalue weighted by atomic mass is 10.1. The lowest BCUT2D eigenvalue weighted by Crippen LogP contribution is -2.17. The van der Waals surface area contributed by atoms with Gasteiger partial charge in [0.25, 0.3) is 0 Å². The highest BCUT2D eigenvalue weighted by Gasteiger charge is 2.08. The maximum Gasteiger partial charge on any atom is 0.224 e. The number of hydrogen-bond donors (Lipinski definition) is 2. The van der Waals surface area contributed by atoms with Crippen molar-refractivity contribution in [3.05, 3.63) is 65.7 Å². The van der Waals surface area contributed by atoms with Crippen molar-refractivity contribution in [2.75, 3.05) is 5.32 Å². The van der Waals surface area contributed by atoms with Gasteiger partial charge in [-0.2, -0.15) is 0 Å². The Morgan fingerprint density at radius 1 is 1.05 bits per heavy atom. The Morgan fingerprint density at radius 3 is 2.40 bits per heavy atom. The maximum atomic E-state index is 12.0. The van der Waals surface area contributed by atoms with Crippen LogP contribution in [0.1, 0.15) is 17.5 Å². The highest BCUT2D eigenvalue weighted by Crippen LogP contribution is 2.15. The standard InChI is InChI=1S/C16H16N2OS/c17-16(20)13-8-4-5-9-14(13)18-15(19)11-10-12-6-2-1-3-7-12/h1-9H,10-11H2,(H2,17,20)(H,18,19). The van der Waals surface area contributed by atoms with E-state index >= 15 is 0 Å². The molecule has 2 aromatic rings. The van der Waals surface area contributed by atoms with Crippen molar-refractivity contribution >= 4 is 28.8 Å². The number of anilines is 1. The van der Waals surface area contributed by atoms with E-state index in [1.807, 2.05) is 42.5 Å². The molecular weight excluding hydrogens is 268 g/mol. The summed E-state index contributed by atoms with van der Waals surface area (Å²) < 4.78 is 0. The summed E-state index contributed by atoms with van der Waals surface area (Å²) in [5.41, 5.74) is 8.13. The summed E-state index contributed by atoms with van der Waals surface area (Å²) in [5.74, 6) is -0.0439. The molecule has 4 heteroatoms. The maximum absolute atomic E-state index is 12.0. The lowest BCUT2D eigenvalue weighted by molar-refractivity contribution is -0.116. The van der Waals surface area contributed by atoms with Gasteiger partial charge in [-0.3, -0.25) is 4.79 Å². The number of aryl methyl sites for hydroxylation is 1. The van der Waals surface area contributed by atoms with E-state index in [1.165, 1.54) is 0 Å². The van der Waals surface area contributed by atoms with Gasteiger partial charge in [-0.25, -0.2) is 0 Å². The van der Waals surface area contributed by atoms with Gasteiger partial charge in [-0.15, -0.1) is 0 Å². The molecule has 0 fully saturated rings. The number of benzene rings is 2. The van der Waals surface area contributed by atoms with Gasteiger partial charge in [0.15, 0.2) is 0 Å². The van der Waals surface area contributed by atoms with Crippen molar-refractivity contribution in [2.45, 2.75) is 12.8 Å². The zero-order valence-electron chi connectivity index (χ0n) is 11.0. The molecular formula is C16H16N2OS. The quantitative estimate of drug-likeness (QED) is 0.830. The SMILES string of the molecule is NC(=S)c1ccccc1NC(=O)CCc1ccccc1. The van der Waals surface area contributed by atoms with Gasteiger partial charge in [-0.1, -0.05) is 54.7 Å². The van der Waals surface area contributed by atoms with Crippen LogP contribution in [0.4, 0.5) is 5.69 Å². The number of amides is 1. The molecule has 0 saturated heterocycles. The van der Waals surface area contributed by atoms with Crippen LogP contribution in [0.25, 0.3) is 0 Å². The highest BCUT2D eigenvalue weighted by atomic mass is 32.1.